The minimum atomic E-state index is -0.365. The average Bonchev–Trinajstić information content (AvgIpc) is 2.46. The highest BCUT2D eigenvalue weighted by atomic mass is 16.6. The summed E-state index contributed by atoms with van der Waals surface area (Å²) in [6.45, 7) is 5.68. The molecule has 0 unspecified atom stereocenters. The predicted octanol–water partition coefficient (Wildman–Crippen LogP) is 3.75. The van der Waals surface area contributed by atoms with Crippen LogP contribution in [-0.2, 0) is 13.0 Å². The van der Waals surface area contributed by atoms with Crippen molar-refractivity contribution in [3.8, 4) is 5.75 Å². The fraction of sp³-hybridized carbons (Fsp3) is 0.312. The predicted molar refractivity (Wildman–Crippen MR) is 80.5 cm³/mol. The number of benzene rings is 1. The largest absolute Gasteiger partial charge is 0.487 e. The molecule has 1 heterocycles. The van der Waals surface area contributed by atoms with E-state index in [1.165, 1.54) is 6.20 Å². The maximum Gasteiger partial charge on any atom is 0.278 e. The summed E-state index contributed by atoms with van der Waals surface area (Å²) in [6.07, 6.45) is 2.40. The van der Waals surface area contributed by atoms with Crippen LogP contribution in [0, 0.1) is 24.0 Å². The van der Waals surface area contributed by atoms with Crippen molar-refractivity contribution in [2.75, 3.05) is 0 Å². The van der Waals surface area contributed by atoms with Gasteiger partial charge in [0.05, 0.1) is 16.2 Å². The van der Waals surface area contributed by atoms with Crippen molar-refractivity contribution in [1.82, 2.24) is 4.98 Å². The Morgan fingerprint density at radius 2 is 2.00 bits per heavy atom. The van der Waals surface area contributed by atoms with Crippen molar-refractivity contribution < 1.29 is 9.66 Å². The van der Waals surface area contributed by atoms with Crippen LogP contribution in [0.3, 0.4) is 0 Å². The number of para-hydroxylation sites is 1. The second-order valence-electron chi connectivity index (χ2n) is 4.87. The number of hydrogen-bond donors (Lipinski definition) is 0. The van der Waals surface area contributed by atoms with E-state index in [0.717, 1.165) is 17.7 Å². The van der Waals surface area contributed by atoms with Gasteiger partial charge < -0.3 is 4.74 Å². The van der Waals surface area contributed by atoms with Crippen LogP contribution in [0.5, 0.6) is 5.75 Å². The van der Waals surface area contributed by atoms with Crippen LogP contribution in [0.2, 0.25) is 0 Å². The smallest absolute Gasteiger partial charge is 0.278 e. The highest BCUT2D eigenvalue weighted by molar-refractivity contribution is 5.47. The SMILES string of the molecule is CCc1ccccc1OCc1ncc(C)c([N+](=O)[O-])c1C. The highest BCUT2D eigenvalue weighted by Crippen LogP contribution is 2.25. The fourth-order valence-corrected chi connectivity index (χ4v) is 2.27. The first kappa shape index (κ1) is 15.0. The lowest BCUT2D eigenvalue weighted by molar-refractivity contribution is -0.386. The lowest BCUT2D eigenvalue weighted by Crippen LogP contribution is -2.06. The van der Waals surface area contributed by atoms with Gasteiger partial charge in [-0.1, -0.05) is 25.1 Å². The Morgan fingerprint density at radius 3 is 2.67 bits per heavy atom. The maximum absolute atomic E-state index is 11.1. The van der Waals surface area contributed by atoms with E-state index in [0.29, 0.717) is 16.8 Å². The van der Waals surface area contributed by atoms with Gasteiger partial charge in [-0.05, 0) is 31.9 Å². The molecule has 5 nitrogen and oxygen atoms in total. The molecule has 0 N–H and O–H groups in total. The number of aromatic nitrogens is 1. The van der Waals surface area contributed by atoms with Crippen molar-refractivity contribution in [3.63, 3.8) is 0 Å². The molecule has 0 atom stereocenters. The molecule has 0 aliphatic heterocycles. The normalized spacial score (nSPS) is 10.4. The van der Waals surface area contributed by atoms with Crippen molar-refractivity contribution in [2.45, 2.75) is 33.8 Å². The zero-order chi connectivity index (χ0) is 15.4. The molecule has 110 valence electrons. The van der Waals surface area contributed by atoms with Crippen molar-refractivity contribution in [2.24, 2.45) is 0 Å². The number of nitro groups is 1. The molecular weight excluding hydrogens is 268 g/mol. The van der Waals surface area contributed by atoms with E-state index in [9.17, 15) is 10.1 Å². The van der Waals surface area contributed by atoms with Crippen LogP contribution in [0.25, 0.3) is 0 Å². The Morgan fingerprint density at radius 1 is 1.29 bits per heavy atom. The zero-order valence-electron chi connectivity index (χ0n) is 12.4. The minimum absolute atomic E-state index is 0.118. The van der Waals surface area contributed by atoms with Gasteiger partial charge in [0, 0.05) is 11.8 Å². The van der Waals surface area contributed by atoms with E-state index in [1.54, 1.807) is 13.8 Å². The summed E-state index contributed by atoms with van der Waals surface area (Å²) < 4.78 is 5.78. The summed E-state index contributed by atoms with van der Waals surface area (Å²) in [5, 5.41) is 11.1. The summed E-state index contributed by atoms with van der Waals surface area (Å²) >= 11 is 0. The zero-order valence-corrected chi connectivity index (χ0v) is 12.4. The number of hydrogen-bond acceptors (Lipinski definition) is 4. The first-order valence-corrected chi connectivity index (χ1v) is 6.84. The summed E-state index contributed by atoms with van der Waals surface area (Å²) in [5.74, 6) is 0.796. The Kier molecular flexibility index (Phi) is 4.52. The molecule has 0 saturated heterocycles. The van der Waals surface area contributed by atoms with Crippen LogP contribution in [0.4, 0.5) is 5.69 Å². The molecule has 2 aromatic rings. The van der Waals surface area contributed by atoms with Gasteiger partial charge >= 0.3 is 0 Å². The molecule has 0 bridgehead atoms. The monoisotopic (exact) mass is 286 g/mol. The quantitative estimate of drug-likeness (QED) is 0.620. The standard InChI is InChI=1S/C16H18N2O3/c1-4-13-7-5-6-8-15(13)21-10-14-12(3)16(18(19)20)11(2)9-17-14/h5-9H,4,10H2,1-3H3. The number of rotatable bonds is 5. The minimum Gasteiger partial charge on any atom is -0.487 e. The molecule has 0 aliphatic rings. The fourth-order valence-electron chi connectivity index (χ4n) is 2.27. The Bertz CT molecular complexity index is 669. The molecule has 21 heavy (non-hydrogen) atoms. The molecule has 2 rings (SSSR count). The van der Waals surface area contributed by atoms with Gasteiger partial charge in [0.25, 0.3) is 5.69 Å². The van der Waals surface area contributed by atoms with Crippen LogP contribution < -0.4 is 4.74 Å². The number of aryl methyl sites for hydroxylation is 2. The summed E-state index contributed by atoms with van der Waals surface area (Å²) in [4.78, 5) is 15.0. The summed E-state index contributed by atoms with van der Waals surface area (Å²) in [7, 11) is 0. The molecule has 1 aromatic carbocycles. The first-order valence-electron chi connectivity index (χ1n) is 6.84. The molecule has 0 amide bonds. The third-order valence-electron chi connectivity index (χ3n) is 3.48. The third kappa shape index (κ3) is 3.18. The van der Waals surface area contributed by atoms with Crippen LogP contribution in [-0.4, -0.2) is 9.91 Å². The number of pyridine rings is 1. The summed E-state index contributed by atoms with van der Waals surface area (Å²) in [5.41, 5.74) is 2.95. The molecular formula is C16H18N2O3. The molecule has 0 aliphatic carbocycles. The molecule has 0 radical (unpaired) electrons. The first-order chi connectivity index (χ1) is 10.0. The molecule has 0 fully saturated rings. The van der Waals surface area contributed by atoms with E-state index in [1.807, 2.05) is 24.3 Å². The van der Waals surface area contributed by atoms with Gasteiger partial charge in [-0.3, -0.25) is 15.1 Å². The van der Waals surface area contributed by atoms with Crippen molar-refractivity contribution >= 4 is 5.69 Å². The summed E-state index contributed by atoms with van der Waals surface area (Å²) in [6, 6.07) is 7.78. The molecule has 0 saturated carbocycles. The molecule has 1 aromatic heterocycles. The van der Waals surface area contributed by atoms with Crippen LogP contribution in [0.15, 0.2) is 30.5 Å². The van der Waals surface area contributed by atoms with E-state index in [-0.39, 0.29) is 17.2 Å². The van der Waals surface area contributed by atoms with Crippen molar-refractivity contribution in [3.05, 3.63) is 63.0 Å². The second-order valence-corrected chi connectivity index (χ2v) is 4.87. The lowest BCUT2D eigenvalue weighted by atomic mass is 10.1. The van der Waals surface area contributed by atoms with Gasteiger partial charge in [0.15, 0.2) is 0 Å². The van der Waals surface area contributed by atoms with Crippen LogP contribution >= 0.6 is 0 Å². The maximum atomic E-state index is 11.1. The van der Waals surface area contributed by atoms with Crippen LogP contribution in [0.1, 0.15) is 29.3 Å². The van der Waals surface area contributed by atoms with E-state index >= 15 is 0 Å². The van der Waals surface area contributed by atoms with E-state index < -0.39 is 0 Å². The Balaban J connectivity index is 2.25. The molecule has 5 heteroatoms. The van der Waals surface area contributed by atoms with E-state index in [4.69, 9.17) is 4.74 Å². The molecule has 0 spiro atoms. The van der Waals surface area contributed by atoms with Gasteiger partial charge in [0.1, 0.15) is 12.4 Å². The van der Waals surface area contributed by atoms with Gasteiger partial charge in [0.2, 0.25) is 0 Å². The van der Waals surface area contributed by atoms with Crippen molar-refractivity contribution in [1.29, 1.82) is 0 Å². The topological polar surface area (TPSA) is 65.3 Å². The average molecular weight is 286 g/mol. The van der Waals surface area contributed by atoms with Gasteiger partial charge in [-0.15, -0.1) is 0 Å². The van der Waals surface area contributed by atoms with Gasteiger partial charge in [-0.25, -0.2) is 0 Å². The van der Waals surface area contributed by atoms with E-state index in [2.05, 4.69) is 11.9 Å². The third-order valence-corrected chi connectivity index (χ3v) is 3.48. The Labute approximate surface area is 123 Å². The second kappa shape index (κ2) is 6.35. The van der Waals surface area contributed by atoms with Gasteiger partial charge in [-0.2, -0.15) is 0 Å². The number of nitrogens with zero attached hydrogens (tertiary/aromatic N) is 2. The lowest BCUT2D eigenvalue weighted by Gasteiger charge is -2.12. The number of ether oxygens (including phenoxy) is 1. The highest BCUT2D eigenvalue weighted by Gasteiger charge is 2.19. The Hall–Kier alpha value is -2.43.